The van der Waals surface area contributed by atoms with Crippen LogP contribution >= 0.6 is 0 Å². The molecule has 0 spiro atoms. The molecule has 0 heterocycles. The van der Waals surface area contributed by atoms with Gasteiger partial charge in [-0.2, -0.15) is 0 Å². The van der Waals surface area contributed by atoms with E-state index in [-0.39, 0.29) is 11.9 Å². The minimum Gasteiger partial charge on any atom is -0.465 e. The maximum Gasteiger partial charge on any atom is 0.308 e. The van der Waals surface area contributed by atoms with Crippen LogP contribution in [-0.4, -0.2) is 12.6 Å². The zero-order valence-electron chi connectivity index (χ0n) is 26.3. The molecule has 0 aromatic heterocycles. The van der Waals surface area contributed by atoms with E-state index < -0.39 is 0 Å². The lowest BCUT2D eigenvalue weighted by molar-refractivity contribution is -0.149. The highest BCUT2D eigenvalue weighted by Crippen LogP contribution is 2.21. The number of hydrogen-bond acceptors (Lipinski definition) is 2. The van der Waals surface area contributed by atoms with E-state index in [2.05, 4.69) is 27.7 Å². The number of rotatable bonds is 30. The van der Waals surface area contributed by atoms with Gasteiger partial charge in [0.25, 0.3) is 0 Å². The average molecular weight is 523 g/mol. The number of esters is 1. The van der Waals surface area contributed by atoms with Gasteiger partial charge in [0.1, 0.15) is 0 Å². The molecule has 0 fully saturated rings. The largest absolute Gasteiger partial charge is 0.465 e. The lowest BCUT2D eigenvalue weighted by Gasteiger charge is -2.19. The van der Waals surface area contributed by atoms with Gasteiger partial charge in [-0.1, -0.05) is 182 Å². The average Bonchev–Trinajstić information content (AvgIpc) is 2.90. The van der Waals surface area contributed by atoms with E-state index in [0.29, 0.717) is 12.5 Å². The van der Waals surface area contributed by atoms with Gasteiger partial charge in [-0.3, -0.25) is 4.79 Å². The normalized spacial score (nSPS) is 13.1. The Morgan fingerprint density at radius 3 is 1.11 bits per heavy atom. The second-order valence-corrected chi connectivity index (χ2v) is 12.2. The first-order chi connectivity index (χ1) is 18.2. The summed E-state index contributed by atoms with van der Waals surface area (Å²) in [6, 6.07) is 0. The van der Waals surface area contributed by atoms with Gasteiger partial charge in [-0.15, -0.1) is 0 Å². The van der Waals surface area contributed by atoms with Crippen LogP contribution in [0, 0.1) is 11.8 Å². The van der Waals surface area contributed by atoms with Crippen LogP contribution < -0.4 is 0 Å². The SMILES string of the molecule is CCCCCCCCCCCCC(CCCCCCC)COC(=O)C(C)CCCCCCCCCCC. The van der Waals surface area contributed by atoms with Crippen LogP contribution in [0.15, 0.2) is 0 Å². The molecule has 0 aliphatic rings. The van der Waals surface area contributed by atoms with Crippen LogP contribution in [0.1, 0.15) is 201 Å². The first-order valence-electron chi connectivity index (χ1n) is 17.3. The Morgan fingerprint density at radius 1 is 0.459 bits per heavy atom. The van der Waals surface area contributed by atoms with Crippen molar-refractivity contribution in [3.8, 4) is 0 Å². The molecular weight excluding hydrogens is 452 g/mol. The van der Waals surface area contributed by atoms with Crippen molar-refractivity contribution in [1.82, 2.24) is 0 Å². The van der Waals surface area contributed by atoms with Gasteiger partial charge < -0.3 is 4.74 Å². The molecular formula is C35H70O2. The summed E-state index contributed by atoms with van der Waals surface area (Å²) < 4.78 is 5.88. The zero-order chi connectivity index (χ0) is 27.2. The molecule has 0 N–H and O–H groups in total. The van der Waals surface area contributed by atoms with E-state index in [1.54, 1.807) is 0 Å². The van der Waals surface area contributed by atoms with E-state index in [9.17, 15) is 4.79 Å². The Hall–Kier alpha value is -0.530. The van der Waals surface area contributed by atoms with E-state index in [1.807, 2.05) is 0 Å². The van der Waals surface area contributed by atoms with Gasteiger partial charge in [0.15, 0.2) is 0 Å². The van der Waals surface area contributed by atoms with Crippen molar-refractivity contribution in [2.24, 2.45) is 11.8 Å². The molecule has 0 saturated heterocycles. The van der Waals surface area contributed by atoms with E-state index in [1.165, 1.54) is 167 Å². The third-order valence-electron chi connectivity index (χ3n) is 8.29. The van der Waals surface area contributed by atoms with Gasteiger partial charge in [0, 0.05) is 0 Å². The van der Waals surface area contributed by atoms with Gasteiger partial charge in [0.05, 0.1) is 12.5 Å². The number of carbonyl (C=O) groups is 1. The molecule has 0 saturated carbocycles. The number of hydrogen-bond donors (Lipinski definition) is 0. The van der Waals surface area contributed by atoms with Crippen molar-refractivity contribution in [3.05, 3.63) is 0 Å². The Labute approximate surface area is 234 Å². The van der Waals surface area contributed by atoms with Crippen molar-refractivity contribution in [1.29, 1.82) is 0 Å². The third kappa shape index (κ3) is 26.8. The van der Waals surface area contributed by atoms with Crippen LogP contribution in [0.25, 0.3) is 0 Å². The highest BCUT2D eigenvalue weighted by atomic mass is 16.5. The van der Waals surface area contributed by atoms with Gasteiger partial charge in [-0.25, -0.2) is 0 Å². The Bertz CT molecular complexity index is 447. The first-order valence-corrected chi connectivity index (χ1v) is 17.3. The quantitative estimate of drug-likeness (QED) is 0.0692. The van der Waals surface area contributed by atoms with Crippen molar-refractivity contribution in [2.75, 3.05) is 6.61 Å². The number of ether oxygens (including phenoxy) is 1. The summed E-state index contributed by atoms with van der Waals surface area (Å²) in [6.45, 7) is 9.59. The predicted molar refractivity (Wildman–Crippen MR) is 165 cm³/mol. The molecule has 2 heteroatoms. The summed E-state index contributed by atoms with van der Waals surface area (Å²) in [5, 5.41) is 0. The zero-order valence-corrected chi connectivity index (χ0v) is 26.3. The molecule has 0 aliphatic carbocycles. The molecule has 37 heavy (non-hydrogen) atoms. The van der Waals surface area contributed by atoms with Gasteiger partial charge >= 0.3 is 5.97 Å². The maximum absolute atomic E-state index is 12.6. The fourth-order valence-corrected chi connectivity index (χ4v) is 5.49. The summed E-state index contributed by atoms with van der Waals surface area (Å²) in [4.78, 5) is 12.6. The molecule has 222 valence electrons. The summed E-state index contributed by atoms with van der Waals surface area (Å²) in [6.07, 6.45) is 36.0. The smallest absolute Gasteiger partial charge is 0.308 e. The topological polar surface area (TPSA) is 26.3 Å². The van der Waals surface area contributed by atoms with E-state index in [0.717, 1.165) is 6.42 Å². The molecule has 0 amide bonds. The summed E-state index contributed by atoms with van der Waals surface area (Å²) in [5.41, 5.74) is 0. The second kappa shape index (κ2) is 30.0. The van der Waals surface area contributed by atoms with Gasteiger partial charge in [0.2, 0.25) is 0 Å². The maximum atomic E-state index is 12.6. The first kappa shape index (κ1) is 36.5. The Balaban J connectivity index is 4.04. The van der Waals surface area contributed by atoms with Crippen molar-refractivity contribution < 1.29 is 9.53 Å². The summed E-state index contributed by atoms with van der Waals surface area (Å²) >= 11 is 0. The molecule has 2 nitrogen and oxygen atoms in total. The molecule has 2 atom stereocenters. The molecule has 0 aliphatic heterocycles. The predicted octanol–water partition coefficient (Wildman–Crippen LogP) is 12.4. The fourth-order valence-electron chi connectivity index (χ4n) is 5.49. The van der Waals surface area contributed by atoms with Crippen LogP contribution in [0.5, 0.6) is 0 Å². The number of unbranched alkanes of at least 4 members (excludes halogenated alkanes) is 21. The minimum atomic E-state index is 0.0543. The lowest BCUT2D eigenvalue weighted by atomic mass is 9.94. The van der Waals surface area contributed by atoms with Gasteiger partial charge in [-0.05, 0) is 25.2 Å². The highest BCUT2D eigenvalue weighted by Gasteiger charge is 2.17. The Morgan fingerprint density at radius 2 is 0.757 bits per heavy atom. The fraction of sp³-hybridized carbons (Fsp3) is 0.971. The lowest BCUT2D eigenvalue weighted by Crippen LogP contribution is -2.20. The summed E-state index contributed by atoms with van der Waals surface area (Å²) in [7, 11) is 0. The van der Waals surface area contributed by atoms with E-state index in [4.69, 9.17) is 4.74 Å². The van der Waals surface area contributed by atoms with E-state index >= 15 is 0 Å². The molecule has 2 unspecified atom stereocenters. The van der Waals surface area contributed by atoms with Crippen LogP contribution in [0.3, 0.4) is 0 Å². The molecule has 0 bridgehead atoms. The molecule has 0 aromatic carbocycles. The Kier molecular flexibility index (Phi) is 29.6. The highest BCUT2D eigenvalue weighted by molar-refractivity contribution is 5.71. The summed E-state index contributed by atoms with van der Waals surface area (Å²) in [5.74, 6) is 0.685. The van der Waals surface area contributed by atoms with Crippen molar-refractivity contribution in [2.45, 2.75) is 201 Å². The third-order valence-corrected chi connectivity index (χ3v) is 8.29. The van der Waals surface area contributed by atoms with Crippen LogP contribution in [-0.2, 0) is 9.53 Å². The monoisotopic (exact) mass is 523 g/mol. The molecule has 0 radical (unpaired) electrons. The number of carbonyl (C=O) groups excluding carboxylic acids is 1. The van der Waals surface area contributed by atoms with Crippen molar-refractivity contribution in [3.63, 3.8) is 0 Å². The standard InChI is InChI=1S/C35H70O2/c1-5-8-11-14-16-18-20-22-25-28-31-34(30-27-23-13-10-7-3)32-37-35(36)33(4)29-26-24-21-19-17-15-12-9-6-2/h33-34H,5-32H2,1-4H3. The molecule has 0 rings (SSSR count). The van der Waals surface area contributed by atoms with Crippen LogP contribution in [0.2, 0.25) is 0 Å². The van der Waals surface area contributed by atoms with Crippen LogP contribution in [0.4, 0.5) is 0 Å². The second-order valence-electron chi connectivity index (χ2n) is 12.2. The minimum absolute atomic E-state index is 0.0543. The molecule has 0 aromatic rings. The van der Waals surface area contributed by atoms with Crippen molar-refractivity contribution >= 4 is 5.97 Å².